The van der Waals surface area contributed by atoms with Crippen LogP contribution in [0, 0.1) is 0 Å². The summed E-state index contributed by atoms with van der Waals surface area (Å²) in [5, 5.41) is 4.36. The van der Waals surface area contributed by atoms with E-state index in [4.69, 9.17) is 4.74 Å². The molecule has 19 heavy (non-hydrogen) atoms. The predicted molar refractivity (Wildman–Crippen MR) is 74.0 cm³/mol. The SMILES string of the molecule is CC(F)(CC1COCCN1)c1ccc2[nH]ccc2c1. The van der Waals surface area contributed by atoms with E-state index >= 15 is 0 Å². The summed E-state index contributed by atoms with van der Waals surface area (Å²) in [7, 11) is 0. The molecule has 1 fully saturated rings. The van der Waals surface area contributed by atoms with Crippen LogP contribution in [0.3, 0.4) is 0 Å². The minimum atomic E-state index is -1.34. The molecule has 0 amide bonds. The number of benzene rings is 1. The zero-order valence-corrected chi connectivity index (χ0v) is 11.1. The molecule has 1 aliphatic heterocycles. The number of alkyl halides is 1. The molecular weight excluding hydrogens is 243 g/mol. The summed E-state index contributed by atoms with van der Waals surface area (Å²) >= 11 is 0. The topological polar surface area (TPSA) is 37.0 Å². The van der Waals surface area contributed by atoms with Crippen LogP contribution in [-0.2, 0) is 10.4 Å². The van der Waals surface area contributed by atoms with E-state index in [2.05, 4.69) is 10.3 Å². The normalized spacial score (nSPS) is 23.4. The highest BCUT2D eigenvalue weighted by molar-refractivity contribution is 5.80. The summed E-state index contributed by atoms with van der Waals surface area (Å²) in [6, 6.07) is 7.79. The second-order valence-electron chi connectivity index (χ2n) is 5.41. The van der Waals surface area contributed by atoms with Gasteiger partial charge in [-0.15, -0.1) is 0 Å². The summed E-state index contributed by atoms with van der Waals surface area (Å²) in [5.74, 6) is 0. The number of aromatic amines is 1. The van der Waals surface area contributed by atoms with E-state index in [1.807, 2.05) is 30.5 Å². The first-order chi connectivity index (χ1) is 9.15. The molecule has 0 saturated carbocycles. The van der Waals surface area contributed by atoms with E-state index in [1.165, 1.54) is 0 Å². The van der Waals surface area contributed by atoms with E-state index < -0.39 is 5.67 Å². The van der Waals surface area contributed by atoms with Crippen molar-refractivity contribution in [3.63, 3.8) is 0 Å². The zero-order valence-electron chi connectivity index (χ0n) is 11.1. The maximum Gasteiger partial charge on any atom is 0.134 e. The highest BCUT2D eigenvalue weighted by atomic mass is 19.1. The van der Waals surface area contributed by atoms with Gasteiger partial charge >= 0.3 is 0 Å². The van der Waals surface area contributed by atoms with Crippen molar-refractivity contribution in [1.29, 1.82) is 0 Å². The van der Waals surface area contributed by atoms with Crippen LogP contribution >= 0.6 is 0 Å². The lowest BCUT2D eigenvalue weighted by molar-refractivity contribution is 0.0475. The van der Waals surface area contributed by atoms with Gasteiger partial charge in [-0.25, -0.2) is 4.39 Å². The minimum absolute atomic E-state index is 0.0886. The highest BCUT2D eigenvalue weighted by Gasteiger charge is 2.30. The summed E-state index contributed by atoms with van der Waals surface area (Å²) < 4.78 is 20.3. The summed E-state index contributed by atoms with van der Waals surface area (Å²) in [4.78, 5) is 3.12. The van der Waals surface area contributed by atoms with E-state index in [0.717, 1.165) is 29.6 Å². The van der Waals surface area contributed by atoms with Gasteiger partial charge in [-0.1, -0.05) is 6.07 Å². The molecule has 2 unspecified atom stereocenters. The molecule has 0 spiro atoms. The third-order valence-electron chi connectivity index (χ3n) is 3.78. The van der Waals surface area contributed by atoms with Crippen molar-refractivity contribution < 1.29 is 9.13 Å². The zero-order chi connectivity index (χ0) is 13.3. The van der Waals surface area contributed by atoms with Gasteiger partial charge in [0.05, 0.1) is 13.2 Å². The maximum atomic E-state index is 14.9. The Morgan fingerprint density at radius 1 is 1.42 bits per heavy atom. The molecule has 2 aromatic rings. The molecule has 2 heterocycles. The van der Waals surface area contributed by atoms with E-state index in [-0.39, 0.29) is 6.04 Å². The van der Waals surface area contributed by atoms with E-state index in [1.54, 1.807) is 6.92 Å². The molecule has 0 radical (unpaired) electrons. The fourth-order valence-electron chi connectivity index (χ4n) is 2.71. The summed E-state index contributed by atoms with van der Waals surface area (Å²) in [6.45, 7) is 3.76. The molecule has 1 aromatic heterocycles. The van der Waals surface area contributed by atoms with Gasteiger partial charge in [0.2, 0.25) is 0 Å². The Kier molecular flexibility index (Phi) is 3.29. The van der Waals surface area contributed by atoms with Crippen molar-refractivity contribution in [1.82, 2.24) is 10.3 Å². The van der Waals surface area contributed by atoms with E-state index in [9.17, 15) is 4.39 Å². The number of aromatic nitrogens is 1. The van der Waals surface area contributed by atoms with Crippen LogP contribution in [0.5, 0.6) is 0 Å². The molecule has 4 heteroatoms. The van der Waals surface area contributed by atoms with E-state index in [0.29, 0.717) is 13.0 Å². The first-order valence-corrected chi connectivity index (χ1v) is 6.73. The molecule has 3 rings (SSSR count). The van der Waals surface area contributed by atoms with Crippen LogP contribution in [0.2, 0.25) is 0 Å². The van der Waals surface area contributed by atoms with Crippen molar-refractivity contribution in [2.24, 2.45) is 0 Å². The number of morpholine rings is 1. The van der Waals surface area contributed by atoms with Crippen LogP contribution in [0.15, 0.2) is 30.5 Å². The lowest BCUT2D eigenvalue weighted by atomic mass is 9.90. The third kappa shape index (κ3) is 2.65. The maximum absolute atomic E-state index is 14.9. The Balaban J connectivity index is 1.81. The number of ether oxygens (including phenoxy) is 1. The fourth-order valence-corrected chi connectivity index (χ4v) is 2.71. The number of halogens is 1. The van der Waals surface area contributed by atoms with Gasteiger partial charge in [-0.05, 0) is 36.1 Å². The third-order valence-corrected chi connectivity index (χ3v) is 3.78. The number of fused-ring (bicyclic) bond motifs is 1. The van der Waals surface area contributed by atoms with Gasteiger partial charge < -0.3 is 15.0 Å². The highest BCUT2D eigenvalue weighted by Crippen LogP contribution is 2.32. The smallest absolute Gasteiger partial charge is 0.134 e. The summed E-state index contributed by atoms with van der Waals surface area (Å²) in [5.41, 5.74) is 0.426. The largest absolute Gasteiger partial charge is 0.379 e. The fraction of sp³-hybridized carbons (Fsp3) is 0.467. The molecule has 3 nitrogen and oxygen atoms in total. The average molecular weight is 262 g/mol. The molecular formula is C15H19FN2O. The van der Waals surface area contributed by atoms with Crippen LogP contribution in [0.4, 0.5) is 4.39 Å². The lowest BCUT2D eigenvalue weighted by Gasteiger charge is -2.30. The Labute approximate surface area is 112 Å². The summed E-state index contributed by atoms with van der Waals surface area (Å²) in [6.07, 6.45) is 2.31. The predicted octanol–water partition coefficient (Wildman–Crippen LogP) is 2.73. The van der Waals surface area contributed by atoms with Crippen molar-refractivity contribution >= 4 is 10.9 Å². The Bertz CT molecular complexity index is 558. The van der Waals surface area contributed by atoms with Crippen LogP contribution in [0.1, 0.15) is 18.9 Å². The van der Waals surface area contributed by atoms with Crippen molar-refractivity contribution in [3.05, 3.63) is 36.0 Å². The molecule has 2 atom stereocenters. The van der Waals surface area contributed by atoms with Crippen LogP contribution < -0.4 is 5.32 Å². The van der Waals surface area contributed by atoms with Gasteiger partial charge in [-0.2, -0.15) is 0 Å². The number of H-pyrrole nitrogens is 1. The molecule has 2 N–H and O–H groups in total. The van der Waals surface area contributed by atoms with Crippen molar-refractivity contribution in [2.75, 3.05) is 19.8 Å². The van der Waals surface area contributed by atoms with Gasteiger partial charge in [0.1, 0.15) is 5.67 Å². The van der Waals surface area contributed by atoms with Gasteiger partial charge in [0.15, 0.2) is 0 Å². The second-order valence-corrected chi connectivity index (χ2v) is 5.41. The number of hydrogen-bond donors (Lipinski definition) is 2. The monoisotopic (exact) mass is 262 g/mol. The Hall–Kier alpha value is -1.39. The molecule has 1 aromatic carbocycles. The van der Waals surface area contributed by atoms with Gasteiger partial charge in [-0.3, -0.25) is 0 Å². The Morgan fingerprint density at radius 2 is 2.32 bits per heavy atom. The second kappa shape index (κ2) is 4.94. The molecule has 1 aliphatic rings. The lowest BCUT2D eigenvalue weighted by Crippen LogP contribution is -2.44. The van der Waals surface area contributed by atoms with Gasteiger partial charge in [0, 0.05) is 30.7 Å². The number of rotatable bonds is 3. The molecule has 0 aliphatic carbocycles. The molecule has 102 valence electrons. The Morgan fingerprint density at radius 3 is 3.11 bits per heavy atom. The van der Waals surface area contributed by atoms with Crippen LogP contribution in [-0.4, -0.2) is 30.8 Å². The van der Waals surface area contributed by atoms with Crippen molar-refractivity contribution in [3.8, 4) is 0 Å². The van der Waals surface area contributed by atoms with Gasteiger partial charge in [0.25, 0.3) is 0 Å². The number of nitrogens with one attached hydrogen (secondary N) is 2. The standard InChI is InChI=1S/C15H19FN2O/c1-15(16,9-13-10-19-7-6-17-13)12-2-3-14-11(8-12)4-5-18-14/h2-5,8,13,17-18H,6-7,9-10H2,1H3. The van der Waals surface area contributed by atoms with Crippen LogP contribution in [0.25, 0.3) is 10.9 Å². The minimum Gasteiger partial charge on any atom is -0.379 e. The number of hydrogen-bond acceptors (Lipinski definition) is 2. The first kappa shape index (κ1) is 12.6. The van der Waals surface area contributed by atoms with Crippen molar-refractivity contribution in [2.45, 2.75) is 25.1 Å². The first-order valence-electron chi connectivity index (χ1n) is 6.73. The quantitative estimate of drug-likeness (QED) is 0.892. The molecule has 0 bridgehead atoms. The molecule has 1 saturated heterocycles. The average Bonchev–Trinajstić information content (AvgIpc) is 2.86.